The minimum Gasteiger partial charge on any atom is -0.744 e. The van der Waals surface area contributed by atoms with Gasteiger partial charge in [-0.05, 0) is 88.0 Å². The van der Waals surface area contributed by atoms with Gasteiger partial charge in [-0.25, -0.2) is 13.2 Å². The van der Waals surface area contributed by atoms with E-state index in [-0.39, 0.29) is 11.7 Å². The molecule has 0 spiro atoms. The molecule has 3 fully saturated rings. The van der Waals surface area contributed by atoms with Gasteiger partial charge in [0.2, 0.25) is 0 Å². The van der Waals surface area contributed by atoms with Crippen LogP contribution < -0.4 is 4.74 Å². The Hall–Kier alpha value is -1.78. The van der Waals surface area contributed by atoms with Crippen LogP contribution >= 0.6 is 45.2 Å². The molecule has 0 amide bonds. The van der Waals surface area contributed by atoms with Crippen molar-refractivity contribution in [2.75, 3.05) is 0 Å². The highest BCUT2D eigenvalue weighted by atomic mass is 127. The second-order valence-electron chi connectivity index (χ2n) is 8.33. The predicted octanol–water partition coefficient (Wildman–Crippen LogP) is 2.74. The monoisotopic (exact) mass is 709 g/mol. The summed E-state index contributed by atoms with van der Waals surface area (Å²) in [5, 5.41) is 0. The highest BCUT2D eigenvalue weighted by molar-refractivity contribution is 14.1. The van der Waals surface area contributed by atoms with Crippen LogP contribution in [0.1, 0.15) is 16.8 Å². The van der Waals surface area contributed by atoms with E-state index in [4.69, 9.17) is 14.2 Å². The lowest BCUT2D eigenvalue weighted by Gasteiger charge is -2.30. The summed E-state index contributed by atoms with van der Waals surface area (Å²) in [7, 11) is -4.63. The Morgan fingerprint density at radius 2 is 1.76 bits per heavy atom. The molecule has 9 nitrogen and oxygen atoms in total. The van der Waals surface area contributed by atoms with Crippen molar-refractivity contribution < 1.29 is 41.6 Å². The lowest BCUT2D eigenvalue weighted by Crippen LogP contribution is -2.44. The average molecular weight is 709 g/mol. The number of carbonyl (C=O) groups is 3. The number of hydrogen-bond acceptors (Lipinski definition) is 9. The maximum Gasteiger partial charge on any atom is 0.339 e. The number of hydrogen-bond donors (Lipinski definition) is 0. The molecule has 6 atom stereocenters. The lowest BCUT2D eigenvalue weighted by molar-refractivity contribution is -0.149. The van der Waals surface area contributed by atoms with Gasteiger partial charge in [0.15, 0.2) is 0 Å². The lowest BCUT2D eigenvalue weighted by atomic mass is 9.78. The zero-order chi connectivity index (χ0) is 24.4. The summed E-state index contributed by atoms with van der Waals surface area (Å²) >= 11 is 4.18. The molecule has 0 aromatic heterocycles. The molecule has 5 unspecified atom stereocenters. The van der Waals surface area contributed by atoms with Crippen LogP contribution in [-0.4, -0.2) is 43.1 Å². The van der Waals surface area contributed by atoms with Gasteiger partial charge in [-0.1, -0.05) is 6.07 Å². The SMILES string of the molecule is O=C(OC1C2CC3C1OC(=O)[C@@H]3C2C(=O)Oc1ccc(S(=O)(=O)[O-])cc1)c1cccc(I)c1I. The maximum absolute atomic E-state index is 13.1. The molecule has 1 aliphatic heterocycles. The van der Waals surface area contributed by atoms with Gasteiger partial charge in [-0.2, -0.15) is 0 Å². The summed E-state index contributed by atoms with van der Waals surface area (Å²) in [5.74, 6) is -4.00. The highest BCUT2D eigenvalue weighted by Gasteiger charge is 2.70. The van der Waals surface area contributed by atoms with Crippen molar-refractivity contribution in [1.82, 2.24) is 0 Å². The molecular formula is C22H15I2O9S-. The number of benzene rings is 2. The summed E-state index contributed by atoms with van der Waals surface area (Å²) in [4.78, 5) is 38.1. The number of halogens is 2. The molecule has 2 aromatic carbocycles. The predicted molar refractivity (Wildman–Crippen MR) is 130 cm³/mol. The first kappa shape index (κ1) is 23.9. The van der Waals surface area contributed by atoms with Crippen LogP contribution in [0, 0.1) is 30.8 Å². The second kappa shape index (κ2) is 8.71. The van der Waals surface area contributed by atoms with E-state index in [1.54, 1.807) is 12.1 Å². The van der Waals surface area contributed by atoms with Crippen molar-refractivity contribution in [1.29, 1.82) is 0 Å². The Kier molecular flexibility index (Phi) is 6.13. The van der Waals surface area contributed by atoms with E-state index >= 15 is 0 Å². The third kappa shape index (κ3) is 4.01. The van der Waals surface area contributed by atoms with Crippen LogP contribution in [0.5, 0.6) is 5.75 Å². The fraction of sp³-hybridized carbons (Fsp3) is 0.318. The summed E-state index contributed by atoms with van der Waals surface area (Å²) in [6, 6.07) is 9.74. The quantitative estimate of drug-likeness (QED) is 0.199. The maximum atomic E-state index is 13.1. The number of rotatable bonds is 5. The topological polar surface area (TPSA) is 136 Å². The van der Waals surface area contributed by atoms with Gasteiger partial charge in [0.1, 0.15) is 28.1 Å². The standard InChI is InChI=1S/C22H16I2O9S/c23-14-3-1-2-11(17(14)24)20(25)32-18-12-8-13-16(22(27)33-19(13)18)15(12)21(26)31-9-4-6-10(7-5-9)34(28,29)30/h1-7,12-13,15-16,18-19H,8H2,(H,28,29,30)/p-1/t12?,13?,15?,16-,18?,19?/m0/s1. The van der Waals surface area contributed by atoms with Gasteiger partial charge in [0, 0.05) is 19.0 Å². The van der Waals surface area contributed by atoms with Gasteiger partial charge in [-0.3, -0.25) is 9.59 Å². The van der Waals surface area contributed by atoms with Gasteiger partial charge < -0.3 is 18.8 Å². The van der Waals surface area contributed by atoms with E-state index in [1.165, 1.54) is 12.1 Å². The molecule has 0 radical (unpaired) electrons. The Morgan fingerprint density at radius 1 is 1.06 bits per heavy atom. The van der Waals surface area contributed by atoms with E-state index in [9.17, 15) is 27.4 Å². The average Bonchev–Trinajstić information content (AvgIpc) is 3.39. The Balaban J connectivity index is 1.36. The number of carbonyl (C=O) groups excluding carboxylic acids is 3. The van der Waals surface area contributed by atoms with E-state index in [0.29, 0.717) is 12.0 Å². The van der Waals surface area contributed by atoms with E-state index in [2.05, 4.69) is 45.2 Å². The minimum absolute atomic E-state index is 0.0325. The molecule has 12 heteroatoms. The fourth-order valence-corrected chi connectivity index (χ4v) is 6.72. The van der Waals surface area contributed by atoms with Crippen molar-refractivity contribution in [2.24, 2.45) is 23.7 Å². The van der Waals surface area contributed by atoms with Crippen molar-refractivity contribution in [3.8, 4) is 5.75 Å². The highest BCUT2D eigenvalue weighted by Crippen LogP contribution is 2.59. The van der Waals surface area contributed by atoms with Crippen LogP contribution in [0.2, 0.25) is 0 Å². The Bertz CT molecular complexity index is 1310. The number of ether oxygens (including phenoxy) is 3. The normalized spacial score (nSPS) is 29.1. The first-order chi connectivity index (χ1) is 16.1. The molecule has 178 valence electrons. The smallest absolute Gasteiger partial charge is 0.339 e. The zero-order valence-corrected chi connectivity index (χ0v) is 22.2. The fourth-order valence-electron chi connectivity index (χ4n) is 5.18. The summed E-state index contributed by atoms with van der Waals surface area (Å²) in [6.07, 6.45) is -0.896. The third-order valence-corrected chi connectivity index (χ3v) is 10.5. The van der Waals surface area contributed by atoms with Crippen molar-refractivity contribution in [2.45, 2.75) is 23.5 Å². The molecule has 1 heterocycles. The van der Waals surface area contributed by atoms with Gasteiger partial charge in [0.25, 0.3) is 0 Å². The third-order valence-electron chi connectivity index (χ3n) is 6.56. The molecule has 2 saturated carbocycles. The van der Waals surface area contributed by atoms with Crippen molar-refractivity contribution in [3.63, 3.8) is 0 Å². The van der Waals surface area contributed by atoms with Crippen LogP contribution in [0.15, 0.2) is 47.4 Å². The van der Waals surface area contributed by atoms with E-state index in [1.807, 2.05) is 6.07 Å². The molecule has 34 heavy (non-hydrogen) atoms. The first-order valence-corrected chi connectivity index (χ1v) is 13.8. The molecule has 5 rings (SSSR count). The zero-order valence-electron chi connectivity index (χ0n) is 17.1. The summed E-state index contributed by atoms with van der Waals surface area (Å²) < 4.78 is 51.6. The summed E-state index contributed by atoms with van der Waals surface area (Å²) in [5.41, 5.74) is 0.392. The van der Waals surface area contributed by atoms with Crippen molar-refractivity contribution >= 4 is 73.2 Å². The van der Waals surface area contributed by atoms with Crippen LogP contribution in [-0.2, 0) is 29.2 Å². The molecule has 1 saturated heterocycles. The molecular weight excluding hydrogens is 694 g/mol. The largest absolute Gasteiger partial charge is 0.744 e. The second-order valence-corrected chi connectivity index (χ2v) is 12.0. The van der Waals surface area contributed by atoms with Crippen LogP contribution in [0.4, 0.5) is 0 Å². The van der Waals surface area contributed by atoms with Gasteiger partial charge >= 0.3 is 17.9 Å². The van der Waals surface area contributed by atoms with Crippen LogP contribution in [0.25, 0.3) is 0 Å². The minimum atomic E-state index is -4.63. The Morgan fingerprint density at radius 3 is 2.44 bits per heavy atom. The van der Waals surface area contributed by atoms with Gasteiger partial charge in [0.05, 0.1) is 22.3 Å². The first-order valence-electron chi connectivity index (χ1n) is 10.2. The number of fused-ring (bicyclic) bond motifs is 1. The van der Waals surface area contributed by atoms with Crippen molar-refractivity contribution in [3.05, 3.63) is 55.2 Å². The molecule has 3 aliphatic rings. The molecule has 0 N–H and O–H groups in total. The summed E-state index contributed by atoms with van der Waals surface area (Å²) in [6.45, 7) is 0. The number of esters is 3. The molecule has 2 aromatic rings. The molecule has 2 bridgehead atoms. The van der Waals surface area contributed by atoms with E-state index in [0.717, 1.165) is 19.3 Å². The van der Waals surface area contributed by atoms with Gasteiger partial charge in [-0.15, -0.1) is 0 Å². The Labute approximate surface area is 221 Å². The van der Waals surface area contributed by atoms with Crippen LogP contribution in [0.3, 0.4) is 0 Å². The van der Waals surface area contributed by atoms with E-state index < -0.39 is 62.9 Å². The molecule has 2 aliphatic carbocycles.